The second-order valence-electron chi connectivity index (χ2n) is 6.52. The molecule has 0 saturated heterocycles. The van der Waals surface area contributed by atoms with Gasteiger partial charge in [-0.15, -0.1) is 0 Å². The molecule has 0 bridgehead atoms. The largest absolute Gasteiger partial charge is 0.445 e. The molecule has 0 radical (unpaired) electrons. The van der Waals surface area contributed by atoms with Gasteiger partial charge in [-0.3, -0.25) is 0 Å². The first kappa shape index (κ1) is 15.8. The predicted octanol–water partition coefficient (Wildman–Crippen LogP) is 3.21. The Morgan fingerprint density at radius 1 is 1.24 bits per heavy atom. The smallest absolute Gasteiger partial charge is 0.407 e. The normalized spacial score (nSPS) is 22.6. The lowest BCUT2D eigenvalue weighted by Crippen LogP contribution is -2.50. The maximum Gasteiger partial charge on any atom is 0.407 e. The molecular formula is C17H26N2O2. The van der Waals surface area contributed by atoms with Crippen LogP contribution in [0.1, 0.15) is 45.1 Å². The number of nitrogens with one attached hydrogen (secondary N) is 1. The molecule has 4 heteroatoms. The van der Waals surface area contributed by atoms with Crippen molar-refractivity contribution in [2.75, 3.05) is 0 Å². The highest BCUT2D eigenvalue weighted by Crippen LogP contribution is 2.32. The summed E-state index contributed by atoms with van der Waals surface area (Å²) >= 11 is 0. The minimum atomic E-state index is -0.348. The number of carbonyl (C=O) groups excluding carboxylic acids is 1. The third-order valence-corrected chi connectivity index (χ3v) is 4.43. The van der Waals surface area contributed by atoms with Crippen LogP contribution in [0.2, 0.25) is 0 Å². The molecule has 1 aliphatic carbocycles. The summed E-state index contributed by atoms with van der Waals surface area (Å²) in [6.45, 7) is 4.44. The van der Waals surface area contributed by atoms with Gasteiger partial charge in [-0.2, -0.15) is 0 Å². The van der Waals surface area contributed by atoms with E-state index in [0.29, 0.717) is 18.6 Å². The summed E-state index contributed by atoms with van der Waals surface area (Å²) in [5.41, 5.74) is 6.68. The van der Waals surface area contributed by atoms with Crippen molar-refractivity contribution in [3.8, 4) is 0 Å². The lowest BCUT2D eigenvalue weighted by molar-refractivity contribution is 0.112. The maximum atomic E-state index is 12.0. The summed E-state index contributed by atoms with van der Waals surface area (Å²) in [5, 5.41) is 3.01. The second kappa shape index (κ2) is 6.94. The van der Waals surface area contributed by atoms with Gasteiger partial charge in [-0.05, 0) is 51.0 Å². The van der Waals surface area contributed by atoms with Gasteiger partial charge < -0.3 is 15.8 Å². The molecule has 1 aromatic carbocycles. The van der Waals surface area contributed by atoms with Gasteiger partial charge in [0.25, 0.3) is 0 Å². The molecular weight excluding hydrogens is 264 g/mol. The fraction of sp³-hybridized carbons (Fsp3) is 0.588. The molecule has 1 amide bonds. The summed E-state index contributed by atoms with van der Waals surface area (Å²) in [4.78, 5) is 12.0. The molecule has 1 aromatic rings. The van der Waals surface area contributed by atoms with Crippen LogP contribution >= 0.6 is 0 Å². The molecule has 116 valence electrons. The Morgan fingerprint density at radius 3 is 2.48 bits per heavy atom. The molecule has 0 aliphatic heterocycles. The first-order valence-electron chi connectivity index (χ1n) is 7.72. The third kappa shape index (κ3) is 4.74. The molecule has 0 atom stereocenters. The first-order chi connectivity index (χ1) is 9.97. The van der Waals surface area contributed by atoms with E-state index in [0.717, 1.165) is 31.2 Å². The van der Waals surface area contributed by atoms with Crippen LogP contribution < -0.4 is 11.1 Å². The van der Waals surface area contributed by atoms with Gasteiger partial charge >= 0.3 is 6.09 Å². The molecule has 0 aromatic heterocycles. The van der Waals surface area contributed by atoms with Gasteiger partial charge in [-0.1, -0.05) is 30.3 Å². The fourth-order valence-electron chi connectivity index (χ4n) is 2.97. The maximum absolute atomic E-state index is 12.0. The molecule has 1 fully saturated rings. The number of ether oxygens (including phenoxy) is 1. The summed E-state index contributed by atoms with van der Waals surface area (Å²) in [7, 11) is 0. The van der Waals surface area contributed by atoms with Crippen molar-refractivity contribution in [2.45, 2.75) is 57.7 Å². The second-order valence-corrected chi connectivity index (χ2v) is 6.52. The highest BCUT2D eigenvalue weighted by Gasteiger charge is 2.33. The number of benzene rings is 1. The van der Waals surface area contributed by atoms with E-state index < -0.39 is 0 Å². The van der Waals surface area contributed by atoms with E-state index >= 15 is 0 Å². The minimum absolute atomic E-state index is 0.256. The van der Waals surface area contributed by atoms with Gasteiger partial charge in [0.1, 0.15) is 6.61 Å². The van der Waals surface area contributed by atoms with E-state index in [1.807, 2.05) is 30.3 Å². The van der Waals surface area contributed by atoms with Crippen LogP contribution in [0.3, 0.4) is 0 Å². The highest BCUT2D eigenvalue weighted by molar-refractivity contribution is 5.68. The lowest BCUT2D eigenvalue weighted by atomic mass is 9.75. The Morgan fingerprint density at radius 2 is 1.86 bits per heavy atom. The molecule has 0 spiro atoms. The van der Waals surface area contributed by atoms with E-state index in [4.69, 9.17) is 10.5 Å². The zero-order chi connectivity index (χ0) is 15.3. The summed E-state index contributed by atoms with van der Waals surface area (Å²) in [6, 6.07) is 10.0. The van der Waals surface area contributed by atoms with E-state index in [1.54, 1.807) is 0 Å². The number of amides is 1. The average Bonchev–Trinajstić information content (AvgIpc) is 2.46. The molecule has 2 rings (SSSR count). The van der Waals surface area contributed by atoms with Crippen LogP contribution in [0.15, 0.2) is 30.3 Å². The van der Waals surface area contributed by atoms with Crippen LogP contribution in [-0.2, 0) is 11.3 Å². The molecule has 21 heavy (non-hydrogen) atoms. The minimum Gasteiger partial charge on any atom is -0.445 e. The molecule has 0 heterocycles. The van der Waals surface area contributed by atoms with Gasteiger partial charge in [0.2, 0.25) is 0 Å². The van der Waals surface area contributed by atoms with Crippen molar-refractivity contribution >= 4 is 6.09 Å². The van der Waals surface area contributed by atoms with Crippen LogP contribution in [0.4, 0.5) is 4.79 Å². The van der Waals surface area contributed by atoms with Crippen LogP contribution in [0.5, 0.6) is 0 Å². The number of carbonyl (C=O) groups is 1. The summed E-state index contributed by atoms with van der Waals surface area (Å²) in [6.07, 6.45) is 3.85. The number of nitrogens with two attached hydrogens (primary N) is 1. The molecule has 0 unspecified atom stereocenters. The lowest BCUT2D eigenvalue weighted by Gasteiger charge is -2.38. The fourth-order valence-corrected chi connectivity index (χ4v) is 2.97. The topological polar surface area (TPSA) is 64.3 Å². The van der Waals surface area contributed by atoms with Gasteiger partial charge in [0, 0.05) is 11.6 Å². The van der Waals surface area contributed by atoms with Crippen molar-refractivity contribution in [1.82, 2.24) is 5.32 Å². The molecule has 4 nitrogen and oxygen atoms in total. The van der Waals surface area contributed by atoms with Crippen LogP contribution in [-0.4, -0.2) is 17.7 Å². The average molecular weight is 290 g/mol. The van der Waals surface area contributed by atoms with Crippen molar-refractivity contribution in [1.29, 1.82) is 0 Å². The van der Waals surface area contributed by atoms with E-state index in [9.17, 15) is 4.79 Å². The summed E-state index contributed by atoms with van der Waals surface area (Å²) in [5.74, 6) is 0.460. The number of alkyl carbamates (subject to hydrolysis) is 1. The quantitative estimate of drug-likeness (QED) is 0.895. The van der Waals surface area contributed by atoms with E-state index in [-0.39, 0.29) is 11.6 Å². The monoisotopic (exact) mass is 290 g/mol. The molecule has 1 aliphatic rings. The first-order valence-corrected chi connectivity index (χ1v) is 7.72. The van der Waals surface area contributed by atoms with Crippen LogP contribution in [0.25, 0.3) is 0 Å². The highest BCUT2D eigenvalue weighted by atomic mass is 16.5. The number of rotatable bonds is 4. The Hall–Kier alpha value is -1.55. The van der Waals surface area contributed by atoms with E-state index in [2.05, 4.69) is 19.2 Å². The Bertz CT molecular complexity index is 451. The number of hydrogen-bond acceptors (Lipinski definition) is 3. The Balaban J connectivity index is 1.80. The zero-order valence-corrected chi connectivity index (χ0v) is 13.0. The van der Waals surface area contributed by atoms with Gasteiger partial charge in [0.05, 0.1) is 0 Å². The molecule has 3 N–H and O–H groups in total. The third-order valence-electron chi connectivity index (χ3n) is 4.43. The predicted molar refractivity (Wildman–Crippen MR) is 83.8 cm³/mol. The number of hydrogen-bond donors (Lipinski definition) is 2. The van der Waals surface area contributed by atoms with Crippen LogP contribution in [0, 0.1) is 5.92 Å². The van der Waals surface area contributed by atoms with Crippen molar-refractivity contribution in [2.24, 2.45) is 11.7 Å². The SMILES string of the molecule is CC(C)(NC(=O)OCc1ccccc1)C1CCC(N)CC1. The molecule has 1 saturated carbocycles. The van der Waals surface area contributed by atoms with Crippen molar-refractivity contribution in [3.63, 3.8) is 0 Å². The summed E-state index contributed by atoms with van der Waals surface area (Å²) < 4.78 is 5.30. The van der Waals surface area contributed by atoms with Gasteiger partial charge in [-0.25, -0.2) is 4.79 Å². The van der Waals surface area contributed by atoms with Gasteiger partial charge in [0.15, 0.2) is 0 Å². The van der Waals surface area contributed by atoms with Crippen molar-refractivity contribution < 1.29 is 9.53 Å². The Kier molecular flexibility index (Phi) is 5.23. The standard InChI is InChI=1S/C17H26N2O2/c1-17(2,14-8-10-15(18)11-9-14)19-16(20)21-12-13-6-4-3-5-7-13/h3-7,14-15H,8-12,18H2,1-2H3,(H,19,20). The van der Waals surface area contributed by atoms with Crippen molar-refractivity contribution in [3.05, 3.63) is 35.9 Å². The Labute approximate surface area is 127 Å². The van der Waals surface area contributed by atoms with E-state index in [1.165, 1.54) is 0 Å². The zero-order valence-electron chi connectivity index (χ0n) is 13.0.